The van der Waals surface area contributed by atoms with Crippen LogP contribution in [-0.4, -0.2) is 80.6 Å². The number of carboxylic acids is 1. The van der Waals surface area contributed by atoms with Gasteiger partial charge in [-0.15, -0.1) is 0 Å². The van der Waals surface area contributed by atoms with E-state index < -0.39 is 18.1 Å². The largest absolute Gasteiger partial charge is 0.477 e. The van der Waals surface area contributed by atoms with Gasteiger partial charge in [0.05, 0.1) is 34.4 Å². The van der Waals surface area contributed by atoms with Gasteiger partial charge in [-0.3, -0.25) is 9.59 Å². The summed E-state index contributed by atoms with van der Waals surface area (Å²) < 4.78 is 17.1. The standard InChI is InChI=1S/C50H77NO7/c1-6-8-10-12-14-16-18-20-22-24-25-27-29-31-33-35-37-39-41-49(53)58-46(44-56-43-42-47(50(54)55)51(3,4)5)45-57-48(52)40-38-36-34-32-30-28-26-23-21-19-17-15-13-11-9-7-2/h9-12,14-18,20-25,27-28,30,34,36,46-47H,6-8,13,19,26,29,31-33,35,37-45H2,1-5H3/p+1/b11-9+,12-10+,16-14+,17-15+,20-18+,23-21+,24-22+,27-25+,30-28+,36-34+. The predicted molar refractivity (Wildman–Crippen MR) is 242 cm³/mol. The van der Waals surface area contributed by atoms with Crippen LogP contribution in [-0.2, 0) is 28.6 Å². The molecule has 0 aromatic heterocycles. The maximum Gasteiger partial charge on any atom is 0.362 e. The first-order valence-electron chi connectivity index (χ1n) is 21.6. The summed E-state index contributed by atoms with van der Waals surface area (Å²) in [6, 6.07) is -0.638. The highest BCUT2D eigenvalue weighted by Gasteiger charge is 2.31. The molecule has 0 bridgehead atoms. The van der Waals surface area contributed by atoms with Crippen molar-refractivity contribution in [1.29, 1.82) is 0 Å². The third-order valence-corrected chi connectivity index (χ3v) is 8.72. The van der Waals surface area contributed by atoms with Crippen LogP contribution in [0.1, 0.15) is 123 Å². The minimum absolute atomic E-state index is 0.0179. The molecule has 0 aromatic carbocycles. The third-order valence-electron chi connectivity index (χ3n) is 8.72. The minimum Gasteiger partial charge on any atom is -0.477 e. The number of hydrogen-bond donors (Lipinski definition) is 1. The molecule has 8 heteroatoms. The van der Waals surface area contributed by atoms with Crippen LogP contribution in [0.5, 0.6) is 0 Å². The van der Waals surface area contributed by atoms with Crippen LogP contribution in [0, 0.1) is 0 Å². The highest BCUT2D eigenvalue weighted by Crippen LogP contribution is 2.12. The molecular formula is C50H78NO7+. The van der Waals surface area contributed by atoms with Gasteiger partial charge in [0.1, 0.15) is 6.61 Å². The van der Waals surface area contributed by atoms with Crippen LogP contribution in [0.2, 0.25) is 0 Å². The second kappa shape index (κ2) is 39.6. The van der Waals surface area contributed by atoms with Gasteiger partial charge >= 0.3 is 17.9 Å². The molecule has 0 aromatic rings. The molecule has 0 rings (SSSR count). The number of carbonyl (C=O) groups excluding carboxylic acids is 2. The molecule has 0 aliphatic heterocycles. The van der Waals surface area contributed by atoms with Crippen molar-refractivity contribution in [2.75, 3.05) is 41.0 Å². The second-order valence-corrected chi connectivity index (χ2v) is 15.0. The van der Waals surface area contributed by atoms with E-state index in [4.69, 9.17) is 14.2 Å². The number of nitrogens with zero attached hydrogens (tertiary/aromatic N) is 1. The maximum absolute atomic E-state index is 12.7. The molecule has 0 fully saturated rings. The topological polar surface area (TPSA) is 99.1 Å². The molecule has 2 atom stereocenters. The SMILES string of the molecule is CC/C=C/C/C=C/C/C=C/C/C=C/C/C=C/CCC(=O)OCC(COCCC(C(=O)O)[N+](C)(C)C)OC(=O)CCCCCCC/C=C/C=C/C=C/C=C/C=C/CCC. The van der Waals surface area contributed by atoms with Gasteiger partial charge in [0, 0.05) is 19.3 Å². The molecule has 0 saturated carbocycles. The molecule has 2 unspecified atom stereocenters. The number of unbranched alkanes of at least 4 members (excludes halogenated alkanes) is 6. The van der Waals surface area contributed by atoms with Gasteiger partial charge < -0.3 is 23.8 Å². The first-order chi connectivity index (χ1) is 28.1. The lowest BCUT2D eigenvalue weighted by molar-refractivity contribution is -0.887. The molecule has 0 amide bonds. The van der Waals surface area contributed by atoms with Crippen molar-refractivity contribution < 1.29 is 38.2 Å². The Morgan fingerprint density at radius 1 is 0.552 bits per heavy atom. The van der Waals surface area contributed by atoms with Gasteiger partial charge in [-0.2, -0.15) is 0 Å². The number of carbonyl (C=O) groups is 3. The zero-order valence-electron chi connectivity index (χ0n) is 36.7. The van der Waals surface area contributed by atoms with Crippen LogP contribution < -0.4 is 0 Å². The van der Waals surface area contributed by atoms with E-state index in [1.54, 1.807) is 0 Å². The van der Waals surface area contributed by atoms with Crippen molar-refractivity contribution in [1.82, 2.24) is 0 Å². The number of carboxylic acid groups (broad SMARTS) is 1. The number of ether oxygens (including phenoxy) is 3. The second-order valence-electron chi connectivity index (χ2n) is 15.0. The van der Waals surface area contributed by atoms with Gasteiger partial charge in [-0.25, -0.2) is 4.79 Å². The van der Waals surface area contributed by atoms with Gasteiger partial charge in [-0.1, -0.05) is 161 Å². The van der Waals surface area contributed by atoms with Gasteiger partial charge in [0.25, 0.3) is 0 Å². The number of hydrogen-bond acceptors (Lipinski definition) is 6. The Morgan fingerprint density at radius 3 is 1.62 bits per heavy atom. The molecule has 0 radical (unpaired) electrons. The Hall–Kier alpha value is -4.27. The Kier molecular flexibility index (Phi) is 36.6. The first kappa shape index (κ1) is 53.7. The molecule has 0 spiro atoms. The van der Waals surface area contributed by atoms with E-state index in [0.717, 1.165) is 77.0 Å². The van der Waals surface area contributed by atoms with Crippen molar-refractivity contribution in [3.63, 3.8) is 0 Å². The summed E-state index contributed by atoms with van der Waals surface area (Å²) in [4.78, 5) is 36.9. The van der Waals surface area contributed by atoms with E-state index in [1.807, 2.05) is 69.8 Å². The monoisotopic (exact) mass is 805 g/mol. The molecule has 8 nitrogen and oxygen atoms in total. The summed E-state index contributed by atoms with van der Waals surface area (Å²) in [6.45, 7) is 4.39. The summed E-state index contributed by atoms with van der Waals surface area (Å²) in [7, 11) is 5.48. The van der Waals surface area contributed by atoms with E-state index in [0.29, 0.717) is 12.8 Å². The number of rotatable bonds is 36. The van der Waals surface area contributed by atoms with Crippen LogP contribution in [0.3, 0.4) is 0 Å². The smallest absolute Gasteiger partial charge is 0.362 e. The molecule has 58 heavy (non-hydrogen) atoms. The lowest BCUT2D eigenvalue weighted by atomic mass is 10.1. The van der Waals surface area contributed by atoms with Crippen LogP contribution in [0.15, 0.2) is 122 Å². The molecule has 1 N–H and O–H groups in total. The fourth-order valence-corrected chi connectivity index (χ4v) is 5.40. The fraction of sp³-hybridized carbons (Fsp3) is 0.540. The van der Waals surface area contributed by atoms with Gasteiger partial charge in [0.2, 0.25) is 0 Å². The maximum atomic E-state index is 12.7. The zero-order chi connectivity index (χ0) is 42.8. The number of esters is 2. The Labute approximate surface area is 352 Å². The van der Waals surface area contributed by atoms with Gasteiger partial charge in [0.15, 0.2) is 12.1 Å². The van der Waals surface area contributed by atoms with Crippen molar-refractivity contribution in [2.24, 2.45) is 0 Å². The average molecular weight is 805 g/mol. The molecular weight excluding hydrogens is 727 g/mol. The molecule has 0 saturated heterocycles. The normalized spacial score (nSPS) is 14.2. The van der Waals surface area contributed by atoms with Crippen molar-refractivity contribution in [2.45, 2.75) is 135 Å². The highest BCUT2D eigenvalue weighted by atomic mass is 16.6. The Bertz CT molecular complexity index is 1350. The number of likely N-dealkylation sites (N-methyl/N-ethyl adjacent to an activating group) is 1. The van der Waals surface area contributed by atoms with E-state index in [2.05, 4.69) is 86.8 Å². The summed E-state index contributed by atoms with van der Waals surface area (Å²) in [5.74, 6) is -1.63. The highest BCUT2D eigenvalue weighted by molar-refractivity contribution is 5.72. The molecule has 324 valence electrons. The minimum atomic E-state index is -0.896. The quantitative estimate of drug-likeness (QED) is 0.0221. The van der Waals surface area contributed by atoms with E-state index in [1.165, 1.54) is 6.42 Å². The van der Waals surface area contributed by atoms with Crippen LogP contribution >= 0.6 is 0 Å². The van der Waals surface area contributed by atoms with E-state index in [-0.39, 0.29) is 49.1 Å². The molecule has 0 heterocycles. The van der Waals surface area contributed by atoms with Crippen LogP contribution in [0.4, 0.5) is 0 Å². The predicted octanol–water partition coefficient (Wildman–Crippen LogP) is 11.9. The average Bonchev–Trinajstić information content (AvgIpc) is 3.18. The van der Waals surface area contributed by atoms with E-state index in [9.17, 15) is 19.5 Å². The Balaban J connectivity index is 4.56. The fourth-order valence-electron chi connectivity index (χ4n) is 5.40. The lowest BCUT2D eigenvalue weighted by Gasteiger charge is -2.31. The number of aliphatic carboxylic acids is 1. The molecule has 0 aliphatic rings. The molecule has 0 aliphatic carbocycles. The van der Waals surface area contributed by atoms with Crippen molar-refractivity contribution >= 4 is 17.9 Å². The van der Waals surface area contributed by atoms with Crippen LogP contribution in [0.25, 0.3) is 0 Å². The number of allylic oxidation sites excluding steroid dienone is 20. The number of quaternary nitrogens is 1. The Morgan fingerprint density at radius 2 is 1.07 bits per heavy atom. The van der Waals surface area contributed by atoms with Crippen molar-refractivity contribution in [3.8, 4) is 0 Å². The zero-order valence-corrected chi connectivity index (χ0v) is 36.7. The van der Waals surface area contributed by atoms with Crippen molar-refractivity contribution in [3.05, 3.63) is 122 Å². The third kappa shape index (κ3) is 37.3. The first-order valence-corrected chi connectivity index (χ1v) is 21.6. The summed E-state index contributed by atoms with van der Waals surface area (Å²) in [5, 5.41) is 9.62. The lowest BCUT2D eigenvalue weighted by Crippen LogP contribution is -2.50. The van der Waals surface area contributed by atoms with Gasteiger partial charge in [-0.05, 0) is 64.2 Å². The summed E-state index contributed by atoms with van der Waals surface area (Å²) in [5.41, 5.74) is 0. The summed E-state index contributed by atoms with van der Waals surface area (Å²) in [6.07, 6.45) is 55.4. The summed E-state index contributed by atoms with van der Waals surface area (Å²) >= 11 is 0. The van der Waals surface area contributed by atoms with E-state index >= 15 is 0 Å².